The molecular weight excluding hydrogens is 322 g/mol. The van der Waals surface area contributed by atoms with Gasteiger partial charge in [-0.15, -0.1) is 0 Å². The number of nitrogens with one attached hydrogen (secondary N) is 1. The highest BCUT2D eigenvalue weighted by molar-refractivity contribution is 6.05. The Labute approximate surface area is 144 Å². The quantitative estimate of drug-likeness (QED) is 0.864. The molecule has 0 aliphatic carbocycles. The fourth-order valence-electron chi connectivity index (χ4n) is 2.74. The van der Waals surface area contributed by atoms with Crippen LogP contribution < -0.4 is 10.2 Å². The molecular formula is C18H17N3O4. The molecule has 128 valence electrons. The molecule has 0 bridgehead atoms. The lowest BCUT2D eigenvalue weighted by molar-refractivity contribution is -0.122. The Bertz CT molecular complexity index is 807. The van der Waals surface area contributed by atoms with Crippen LogP contribution in [0.2, 0.25) is 0 Å². The van der Waals surface area contributed by atoms with Crippen molar-refractivity contribution in [1.82, 2.24) is 4.98 Å². The number of ether oxygens (including phenoxy) is 1. The Morgan fingerprint density at radius 2 is 1.96 bits per heavy atom. The molecule has 3 rings (SSSR count). The molecule has 1 atom stereocenters. The summed E-state index contributed by atoms with van der Waals surface area (Å²) in [7, 11) is 0. The summed E-state index contributed by atoms with van der Waals surface area (Å²) in [6, 6.07) is 9.72. The van der Waals surface area contributed by atoms with Gasteiger partial charge in [0.25, 0.3) is 5.91 Å². The molecule has 2 amide bonds. The van der Waals surface area contributed by atoms with Crippen molar-refractivity contribution in [1.29, 1.82) is 0 Å². The normalized spacial score (nSPS) is 16.4. The number of para-hydroxylation sites is 2. The predicted molar refractivity (Wildman–Crippen MR) is 91.2 cm³/mol. The Hall–Kier alpha value is -3.22. The van der Waals surface area contributed by atoms with Gasteiger partial charge in [-0.1, -0.05) is 12.1 Å². The molecule has 0 saturated heterocycles. The summed E-state index contributed by atoms with van der Waals surface area (Å²) in [5.41, 5.74) is 1.47. The van der Waals surface area contributed by atoms with Gasteiger partial charge in [0.05, 0.1) is 16.9 Å². The molecule has 1 aliphatic heterocycles. The van der Waals surface area contributed by atoms with Crippen LogP contribution in [0, 0.1) is 0 Å². The average molecular weight is 339 g/mol. The largest absolute Gasteiger partial charge is 0.452 e. The summed E-state index contributed by atoms with van der Waals surface area (Å²) in [5, 5.41) is 2.78. The minimum atomic E-state index is -0.597. The molecule has 7 nitrogen and oxygen atoms in total. The number of fused-ring (bicyclic) bond motifs is 1. The first-order valence-corrected chi connectivity index (χ1v) is 7.84. The molecule has 7 heteroatoms. The molecule has 0 unspecified atom stereocenters. The van der Waals surface area contributed by atoms with Gasteiger partial charge in [-0.05, 0) is 31.2 Å². The number of nitrogens with zero attached hydrogens (tertiary/aromatic N) is 2. The molecule has 1 aromatic heterocycles. The summed E-state index contributed by atoms with van der Waals surface area (Å²) in [6.07, 6.45) is 3.12. The van der Waals surface area contributed by atoms with Gasteiger partial charge in [0.2, 0.25) is 5.91 Å². The van der Waals surface area contributed by atoms with Crippen molar-refractivity contribution in [2.45, 2.75) is 19.4 Å². The average Bonchev–Trinajstić information content (AvgIpc) is 2.74. The Morgan fingerprint density at radius 3 is 2.72 bits per heavy atom. The van der Waals surface area contributed by atoms with Gasteiger partial charge in [0, 0.05) is 24.9 Å². The van der Waals surface area contributed by atoms with Crippen molar-refractivity contribution in [3.05, 3.63) is 54.4 Å². The maximum absolute atomic E-state index is 12.7. The molecule has 0 radical (unpaired) electrons. The van der Waals surface area contributed by atoms with Gasteiger partial charge >= 0.3 is 5.97 Å². The van der Waals surface area contributed by atoms with Crippen molar-refractivity contribution < 1.29 is 19.1 Å². The molecule has 2 aromatic rings. The van der Waals surface area contributed by atoms with Gasteiger partial charge in [-0.3, -0.25) is 14.6 Å². The number of rotatable bonds is 3. The Kier molecular flexibility index (Phi) is 4.74. The lowest BCUT2D eigenvalue weighted by Crippen LogP contribution is -2.41. The van der Waals surface area contributed by atoms with E-state index in [0.29, 0.717) is 16.9 Å². The van der Waals surface area contributed by atoms with Crippen LogP contribution >= 0.6 is 0 Å². The summed E-state index contributed by atoms with van der Waals surface area (Å²) in [5.74, 6) is -1.15. The van der Waals surface area contributed by atoms with Crippen LogP contribution in [0.15, 0.2) is 48.8 Å². The number of aromatic nitrogens is 1. The van der Waals surface area contributed by atoms with Crippen LogP contribution in [0.5, 0.6) is 0 Å². The van der Waals surface area contributed by atoms with Crippen molar-refractivity contribution in [3.63, 3.8) is 0 Å². The molecule has 1 N–H and O–H groups in total. The number of carbonyl (C=O) groups is 3. The summed E-state index contributed by atoms with van der Waals surface area (Å²) in [4.78, 5) is 41.9. The van der Waals surface area contributed by atoms with E-state index in [2.05, 4.69) is 10.3 Å². The highest BCUT2D eigenvalue weighted by Crippen LogP contribution is 2.31. The van der Waals surface area contributed by atoms with E-state index in [1.807, 2.05) is 0 Å². The van der Waals surface area contributed by atoms with E-state index < -0.39 is 12.6 Å². The zero-order valence-corrected chi connectivity index (χ0v) is 13.6. The fraction of sp³-hybridized carbons (Fsp3) is 0.222. The molecule has 25 heavy (non-hydrogen) atoms. The van der Waals surface area contributed by atoms with Crippen molar-refractivity contribution in [2.75, 3.05) is 16.8 Å². The number of anilines is 2. The number of carbonyl (C=O) groups excluding carboxylic acids is 3. The Balaban J connectivity index is 1.76. The third-order valence-corrected chi connectivity index (χ3v) is 3.87. The second-order valence-electron chi connectivity index (χ2n) is 5.69. The first-order valence-electron chi connectivity index (χ1n) is 7.84. The lowest BCUT2D eigenvalue weighted by Gasteiger charge is -2.27. The number of esters is 1. The van der Waals surface area contributed by atoms with E-state index in [1.165, 1.54) is 29.4 Å². The maximum atomic E-state index is 12.7. The smallest absolute Gasteiger partial charge is 0.338 e. The first-order chi connectivity index (χ1) is 12.1. The molecule has 2 heterocycles. The zero-order valence-electron chi connectivity index (χ0n) is 13.6. The monoisotopic (exact) mass is 339 g/mol. The van der Waals surface area contributed by atoms with E-state index in [4.69, 9.17) is 4.74 Å². The minimum Gasteiger partial charge on any atom is -0.452 e. The van der Waals surface area contributed by atoms with Gasteiger partial charge in [0.1, 0.15) is 0 Å². The number of pyridine rings is 1. The highest BCUT2D eigenvalue weighted by atomic mass is 16.5. The second kappa shape index (κ2) is 7.12. The number of benzene rings is 1. The summed E-state index contributed by atoms with van der Waals surface area (Å²) in [6.45, 7) is 1.37. The molecule has 0 fully saturated rings. The predicted octanol–water partition coefficient (Wildman–Crippen LogP) is 2.00. The number of amides is 2. The standard InChI is InChI=1S/C18H17N3O4/c1-12-10-16(22)20-14-4-2-3-5-15(14)21(12)17(23)11-25-18(24)13-6-8-19-9-7-13/h2-9,12H,10-11H2,1H3,(H,20,22)/t12-/m1/s1. The fourth-order valence-corrected chi connectivity index (χ4v) is 2.74. The Morgan fingerprint density at radius 1 is 1.24 bits per heavy atom. The number of hydrogen-bond acceptors (Lipinski definition) is 5. The SMILES string of the molecule is C[C@@H]1CC(=O)Nc2ccccc2N1C(=O)COC(=O)c1ccncc1. The third kappa shape index (κ3) is 3.65. The zero-order chi connectivity index (χ0) is 17.8. The van der Waals surface area contributed by atoms with Gasteiger partial charge in [-0.25, -0.2) is 4.79 Å². The van der Waals surface area contributed by atoms with E-state index >= 15 is 0 Å². The van der Waals surface area contributed by atoms with Crippen LogP contribution in [-0.4, -0.2) is 35.4 Å². The van der Waals surface area contributed by atoms with Crippen molar-refractivity contribution >= 4 is 29.2 Å². The maximum Gasteiger partial charge on any atom is 0.338 e. The van der Waals surface area contributed by atoms with Gasteiger partial charge in [0.15, 0.2) is 6.61 Å². The number of hydrogen-bond donors (Lipinski definition) is 1. The van der Waals surface area contributed by atoms with E-state index in [9.17, 15) is 14.4 Å². The van der Waals surface area contributed by atoms with Crippen LogP contribution in [0.3, 0.4) is 0 Å². The molecule has 0 saturated carbocycles. The molecule has 1 aliphatic rings. The van der Waals surface area contributed by atoms with E-state index in [0.717, 1.165) is 0 Å². The van der Waals surface area contributed by atoms with Crippen LogP contribution in [0.4, 0.5) is 11.4 Å². The minimum absolute atomic E-state index is 0.163. The van der Waals surface area contributed by atoms with Crippen molar-refractivity contribution in [3.8, 4) is 0 Å². The summed E-state index contributed by atoms with van der Waals surface area (Å²) < 4.78 is 5.11. The van der Waals surface area contributed by atoms with Crippen LogP contribution in [0.1, 0.15) is 23.7 Å². The van der Waals surface area contributed by atoms with E-state index in [1.54, 1.807) is 31.2 Å². The highest BCUT2D eigenvalue weighted by Gasteiger charge is 2.30. The van der Waals surface area contributed by atoms with Crippen LogP contribution in [0.25, 0.3) is 0 Å². The molecule has 0 spiro atoms. The van der Waals surface area contributed by atoms with E-state index in [-0.39, 0.29) is 24.3 Å². The topological polar surface area (TPSA) is 88.6 Å². The second-order valence-corrected chi connectivity index (χ2v) is 5.69. The van der Waals surface area contributed by atoms with Gasteiger partial charge < -0.3 is 15.0 Å². The molecule has 1 aromatic carbocycles. The van der Waals surface area contributed by atoms with Gasteiger partial charge in [-0.2, -0.15) is 0 Å². The first kappa shape index (κ1) is 16.6. The summed E-state index contributed by atoms with van der Waals surface area (Å²) >= 11 is 0. The lowest BCUT2D eigenvalue weighted by atomic mass is 10.1. The third-order valence-electron chi connectivity index (χ3n) is 3.87. The van der Waals surface area contributed by atoms with Crippen LogP contribution in [-0.2, 0) is 14.3 Å². The van der Waals surface area contributed by atoms with Crippen molar-refractivity contribution in [2.24, 2.45) is 0 Å².